The molecule has 0 aliphatic heterocycles. The van der Waals surface area contributed by atoms with Gasteiger partial charge in [-0.25, -0.2) is 0 Å². The van der Waals surface area contributed by atoms with Crippen LogP contribution in [0.15, 0.2) is 0 Å². The van der Waals surface area contributed by atoms with Gasteiger partial charge in [0.2, 0.25) is 11.8 Å². The number of hydrogen-bond donors (Lipinski definition) is 2. The number of hydrogen-bond acceptors (Lipinski definition) is 3. The lowest BCUT2D eigenvalue weighted by molar-refractivity contribution is -0.125. The molecule has 0 aromatic carbocycles. The van der Waals surface area contributed by atoms with E-state index in [0.717, 1.165) is 6.42 Å². The molecule has 20 heavy (non-hydrogen) atoms. The molecule has 0 rings (SSSR count). The molecular formula is C15H30N2O3. The topological polar surface area (TPSA) is 75.3 Å². The summed E-state index contributed by atoms with van der Waals surface area (Å²) >= 11 is 0. The number of rotatable bonds is 10. The SMILES string of the molecule is CC.CCCC(=O)NCCCNC(=O)CCC(=O)CC. The lowest BCUT2D eigenvalue weighted by Crippen LogP contribution is -2.29. The Hall–Kier alpha value is -1.39. The van der Waals surface area contributed by atoms with Gasteiger partial charge in [0.05, 0.1) is 0 Å². The van der Waals surface area contributed by atoms with E-state index < -0.39 is 0 Å². The van der Waals surface area contributed by atoms with Gasteiger partial charge in [0.15, 0.2) is 0 Å². The highest BCUT2D eigenvalue weighted by Crippen LogP contribution is 1.94. The smallest absolute Gasteiger partial charge is 0.220 e. The predicted octanol–water partition coefficient (Wildman–Crippen LogP) is 2.19. The summed E-state index contributed by atoms with van der Waals surface area (Å²) in [6, 6.07) is 0. The van der Waals surface area contributed by atoms with Crippen LogP contribution < -0.4 is 10.6 Å². The van der Waals surface area contributed by atoms with Crippen molar-refractivity contribution < 1.29 is 14.4 Å². The number of Topliss-reactive ketones (excluding diaryl/α,β-unsaturated/α-hetero) is 1. The lowest BCUT2D eigenvalue weighted by Gasteiger charge is -2.06. The van der Waals surface area contributed by atoms with E-state index in [1.807, 2.05) is 20.8 Å². The summed E-state index contributed by atoms with van der Waals surface area (Å²) in [6.45, 7) is 8.86. The van der Waals surface area contributed by atoms with E-state index >= 15 is 0 Å². The Balaban J connectivity index is 0. The second kappa shape index (κ2) is 15.7. The quantitative estimate of drug-likeness (QED) is 0.604. The maximum absolute atomic E-state index is 11.3. The molecule has 0 heterocycles. The first-order chi connectivity index (χ1) is 9.60. The fourth-order valence-electron chi connectivity index (χ4n) is 1.38. The molecule has 5 heteroatoms. The highest BCUT2D eigenvalue weighted by Gasteiger charge is 2.04. The molecule has 0 radical (unpaired) electrons. The van der Waals surface area contributed by atoms with Gasteiger partial charge in [-0.1, -0.05) is 27.7 Å². The Kier molecular flexibility index (Phi) is 16.4. The van der Waals surface area contributed by atoms with Crippen molar-refractivity contribution in [3.63, 3.8) is 0 Å². The number of amides is 2. The number of carbonyl (C=O) groups is 3. The average molecular weight is 286 g/mol. The molecule has 0 saturated heterocycles. The van der Waals surface area contributed by atoms with Crippen molar-refractivity contribution in [3.8, 4) is 0 Å². The summed E-state index contributed by atoms with van der Waals surface area (Å²) in [5.41, 5.74) is 0. The van der Waals surface area contributed by atoms with Gasteiger partial charge < -0.3 is 10.6 Å². The van der Waals surface area contributed by atoms with Crippen molar-refractivity contribution >= 4 is 17.6 Å². The molecule has 0 bridgehead atoms. The van der Waals surface area contributed by atoms with Gasteiger partial charge in [-0.05, 0) is 12.8 Å². The molecule has 5 nitrogen and oxygen atoms in total. The molecule has 0 atom stereocenters. The van der Waals surface area contributed by atoms with Crippen molar-refractivity contribution in [1.82, 2.24) is 10.6 Å². The second-order valence-electron chi connectivity index (χ2n) is 4.20. The van der Waals surface area contributed by atoms with Crippen LogP contribution >= 0.6 is 0 Å². The third-order valence-electron chi connectivity index (χ3n) is 2.50. The number of carbonyl (C=O) groups excluding carboxylic acids is 3. The van der Waals surface area contributed by atoms with Crippen LogP contribution in [-0.4, -0.2) is 30.7 Å². The van der Waals surface area contributed by atoms with Gasteiger partial charge in [-0.15, -0.1) is 0 Å². The summed E-state index contributed by atoms with van der Waals surface area (Å²) in [5.74, 6) is 0.0611. The van der Waals surface area contributed by atoms with Crippen LogP contribution in [0.2, 0.25) is 0 Å². The van der Waals surface area contributed by atoms with E-state index in [2.05, 4.69) is 10.6 Å². The Morgan fingerprint density at radius 3 is 1.75 bits per heavy atom. The van der Waals surface area contributed by atoms with Crippen LogP contribution in [-0.2, 0) is 14.4 Å². The van der Waals surface area contributed by atoms with Crippen LogP contribution in [0.4, 0.5) is 0 Å². The first kappa shape index (κ1) is 20.9. The van der Waals surface area contributed by atoms with Gasteiger partial charge in [-0.2, -0.15) is 0 Å². The fraction of sp³-hybridized carbons (Fsp3) is 0.800. The average Bonchev–Trinajstić information content (AvgIpc) is 2.46. The van der Waals surface area contributed by atoms with Crippen molar-refractivity contribution in [1.29, 1.82) is 0 Å². The lowest BCUT2D eigenvalue weighted by atomic mass is 10.2. The number of ketones is 1. The first-order valence-electron chi connectivity index (χ1n) is 7.65. The molecule has 0 spiro atoms. The fourth-order valence-corrected chi connectivity index (χ4v) is 1.38. The van der Waals surface area contributed by atoms with E-state index in [0.29, 0.717) is 38.8 Å². The largest absolute Gasteiger partial charge is 0.356 e. The van der Waals surface area contributed by atoms with E-state index in [1.54, 1.807) is 6.92 Å². The zero-order valence-corrected chi connectivity index (χ0v) is 13.4. The van der Waals surface area contributed by atoms with Crippen LogP contribution in [0.5, 0.6) is 0 Å². The molecule has 2 N–H and O–H groups in total. The summed E-state index contributed by atoms with van der Waals surface area (Å²) in [7, 11) is 0. The molecular weight excluding hydrogens is 256 g/mol. The van der Waals surface area contributed by atoms with Gasteiger partial charge in [0.25, 0.3) is 0 Å². The van der Waals surface area contributed by atoms with Crippen molar-refractivity contribution in [2.45, 2.75) is 66.2 Å². The zero-order valence-electron chi connectivity index (χ0n) is 13.4. The van der Waals surface area contributed by atoms with Crippen LogP contribution in [0.25, 0.3) is 0 Å². The van der Waals surface area contributed by atoms with Crippen LogP contribution in [0.3, 0.4) is 0 Å². The zero-order chi connectivity index (χ0) is 15.8. The Morgan fingerprint density at radius 1 is 0.800 bits per heavy atom. The molecule has 0 fully saturated rings. The molecule has 0 aromatic heterocycles. The van der Waals surface area contributed by atoms with Crippen LogP contribution in [0, 0.1) is 0 Å². The van der Waals surface area contributed by atoms with E-state index in [1.165, 1.54) is 0 Å². The second-order valence-corrected chi connectivity index (χ2v) is 4.20. The first-order valence-corrected chi connectivity index (χ1v) is 7.65. The highest BCUT2D eigenvalue weighted by molar-refractivity contribution is 5.84. The summed E-state index contributed by atoms with van der Waals surface area (Å²) < 4.78 is 0. The van der Waals surface area contributed by atoms with E-state index in [9.17, 15) is 14.4 Å². The minimum Gasteiger partial charge on any atom is -0.356 e. The Labute approximate surface area is 122 Å². The van der Waals surface area contributed by atoms with Crippen molar-refractivity contribution in [2.24, 2.45) is 0 Å². The van der Waals surface area contributed by atoms with E-state index in [4.69, 9.17) is 0 Å². The molecule has 0 aliphatic rings. The molecule has 0 unspecified atom stereocenters. The normalized spacial score (nSPS) is 9.20. The van der Waals surface area contributed by atoms with Gasteiger partial charge >= 0.3 is 0 Å². The third kappa shape index (κ3) is 14.7. The molecule has 0 aliphatic carbocycles. The Morgan fingerprint density at radius 2 is 1.30 bits per heavy atom. The van der Waals surface area contributed by atoms with Crippen molar-refractivity contribution in [2.75, 3.05) is 13.1 Å². The summed E-state index contributed by atoms with van der Waals surface area (Å²) in [5, 5.41) is 5.50. The third-order valence-corrected chi connectivity index (χ3v) is 2.50. The van der Waals surface area contributed by atoms with Crippen molar-refractivity contribution in [3.05, 3.63) is 0 Å². The summed E-state index contributed by atoms with van der Waals surface area (Å²) in [6.07, 6.45) is 3.16. The predicted molar refractivity (Wildman–Crippen MR) is 81.4 cm³/mol. The maximum Gasteiger partial charge on any atom is 0.220 e. The monoisotopic (exact) mass is 286 g/mol. The standard InChI is InChI=1S/C13H24N2O3.C2H6/c1-3-6-12(17)14-9-5-10-15-13(18)8-7-11(16)4-2;1-2/h3-10H2,1-2H3,(H,14,17)(H,15,18);1-2H3. The van der Waals surface area contributed by atoms with Crippen LogP contribution in [0.1, 0.15) is 66.2 Å². The highest BCUT2D eigenvalue weighted by atomic mass is 16.2. The Bertz CT molecular complexity index is 278. The van der Waals surface area contributed by atoms with Gasteiger partial charge in [0.1, 0.15) is 5.78 Å². The minimum atomic E-state index is -0.100. The molecule has 0 saturated carbocycles. The number of nitrogens with one attached hydrogen (secondary N) is 2. The molecule has 0 aromatic rings. The van der Waals surface area contributed by atoms with Gasteiger partial charge in [0, 0.05) is 38.8 Å². The van der Waals surface area contributed by atoms with Gasteiger partial charge in [-0.3, -0.25) is 14.4 Å². The molecule has 118 valence electrons. The van der Waals surface area contributed by atoms with E-state index in [-0.39, 0.29) is 24.0 Å². The minimum absolute atomic E-state index is 0.0531. The molecule has 2 amide bonds. The summed E-state index contributed by atoms with van der Waals surface area (Å²) in [4.78, 5) is 33.4. The maximum atomic E-state index is 11.3.